The Bertz CT molecular complexity index is 594. The van der Waals surface area contributed by atoms with Gasteiger partial charge in [-0.25, -0.2) is 0 Å². The van der Waals surface area contributed by atoms with E-state index in [1.54, 1.807) is 0 Å². The highest BCUT2D eigenvalue weighted by Crippen LogP contribution is 2.31. The third-order valence-electron chi connectivity index (χ3n) is 4.66. The standard InChI is InChI=1S/C19H24N2/c1-2-19(20,17-11-4-3-5-12-17)15-21-14-8-10-16-9-6-7-13-18(16)21/h3-7,9,11-13H,2,8,10,14-15,20H2,1H3. The summed E-state index contributed by atoms with van der Waals surface area (Å²) in [6, 6.07) is 19.3. The maximum absolute atomic E-state index is 6.76. The Balaban J connectivity index is 1.89. The van der Waals surface area contributed by atoms with Gasteiger partial charge in [-0.2, -0.15) is 0 Å². The molecule has 1 aliphatic heterocycles. The molecule has 1 aliphatic rings. The van der Waals surface area contributed by atoms with Crippen molar-refractivity contribution in [3.05, 3.63) is 65.7 Å². The number of aryl methyl sites for hydroxylation is 1. The van der Waals surface area contributed by atoms with E-state index in [1.807, 2.05) is 0 Å². The van der Waals surface area contributed by atoms with E-state index >= 15 is 0 Å². The lowest BCUT2D eigenvalue weighted by atomic mass is 9.86. The van der Waals surface area contributed by atoms with E-state index in [-0.39, 0.29) is 5.54 Å². The molecule has 3 rings (SSSR count). The molecule has 2 N–H and O–H groups in total. The summed E-state index contributed by atoms with van der Waals surface area (Å²) in [6.45, 7) is 4.16. The zero-order valence-corrected chi connectivity index (χ0v) is 12.8. The van der Waals surface area contributed by atoms with Crippen molar-refractivity contribution in [2.75, 3.05) is 18.0 Å². The average Bonchev–Trinajstić information content (AvgIpc) is 2.56. The number of rotatable bonds is 4. The molecular formula is C19H24N2. The first-order valence-electron chi connectivity index (χ1n) is 7.90. The summed E-state index contributed by atoms with van der Waals surface area (Å²) >= 11 is 0. The number of fused-ring (bicyclic) bond motifs is 1. The van der Waals surface area contributed by atoms with Crippen LogP contribution in [0.25, 0.3) is 0 Å². The number of hydrogen-bond acceptors (Lipinski definition) is 2. The number of hydrogen-bond donors (Lipinski definition) is 1. The lowest BCUT2D eigenvalue weighted by Crippen LogP contribution is -2.48. The Hall–Kier alpha value is -1.80. The third kappa shape index (κ3) is 2.81. The van der Waals surface area contributed by atoms with Crippen molar-refractivity contribution >= 4 is 5.69 Å². The molecule has 1 atom stereocenters. The van der Waals surface area contributed by atoms with E-state index < -0.39 is 0 Å². The molecule has 21 heavy (non-hydrogen) atoms. The van der Waals surface area contributed by atoms with Crippen LogP contribution < -0.4 is 10.6 Å². The molecule has 2 aromatic carbocycles. The minimum absolute atomic E-state index is 0.286. The van der Waals surface area contributed by atoms with Crippen molar-refractivity contribution in [3.63, 3.8) is 0 Å². The highest BCUT2D eigenvalue weighted by Gasteiger charge is 2.29. The zero-order valence-electron chi connectivity index (χ0n) is 12.8. The topological polar surface area (TPSA) is 29.3 Å². The third-order valence-corrected chi connectivity index (χ3v) is 4.66. The molecule has 110 valence electrons. The lowest BCUT2D eigenvalue weighted by molar-refractivity contribution is 0.418. The van der Waals surface area contributed by atoms with Gasteiger partial charge in [-0.1, -0.05) is 55.5 Å². The maximum atomic E-state index is 6.76. The van der Waals surface area contributed by atoms with Crippen molar-refractivity contribution in [1.29, 1.82) is 0 Å². The van der Waals surface area contributed by atoms with Gasteiger partial charge >= 0.3 is 0 Å². The molecule has 2 nitrogen and oxygen atoms in total. The van der Waals surface area contributed by atoms with Gasteiger partial charge in [0.1, 0.15) is 0 Å². The van der Waals surface area contributed by atoms with Crippen molar-refractivity contribution in [2.45, 2.75) is 31.7 Å². The van der Waals surface area contributed by atoms with Crippen molar-refractivity contribution in [3.8, 4) is 0 Å². The monoisotopic (exact) mass is 280 g/mol. The van der Waals surface area contributed by atoms with E-state index in [4.69, 9.17) is 5.73 Å². The zero-order chi connectivity index (χ0) is 14.7. The highest BCUT2D eigenvalue weighted by atomic mass is 15.2. The molecule has 0 bridgehead atoms. The molecule has 1 heterocycles. The van der Waals surface area contributed by atoms with Crippen molar-refractivity contribution < 1.29 is 0 Å². The van der Waals surface area contributed by atoms with Crippen LogP contribution in [-0.2, 0) is 12.0 Å². The first-order valence-corrected chi connectivity index (χ1v) is 7.90. The van der Waals surface area contributed by atoms with Gasteiger partial charge in [-0.15, -0.1) is 0 Å². The molecule has 0 aliphatic carbocycles. The highest BCUT2D eigenvalue weighted by molar-refractivity contribution is 5.56. The second-order valence-electron chi connectivity index (χ2n) is 6.03. The van der Waals surface area contributed by atoms with Crippen LogP contribution in [0.3, 0.4) is 0 Å². The van der Waals surface area contributed by atoms with Crippen LogP contribution in [0.2, 0.25) is 0 Å². The molecule has 0 spiro atoms. The number of nitrogens with zero attached hydrogens (tertiary/aromatic N) is 1. The predicted octanol–water partition coefficient (Wildman–Crippen LogP) is 3.70. The van der Waals surface area contributed by atoms with Gasteiger partial charge in [0, 0.05) is 18.8 Å². The quantitative estimate of drug-likeness (QED) is 0.925. The van der Waals surface area contributed by atoms with Gasteiger partial charge in [0.2, 0.25) is 0 Å². The van der Waals surface area contributed by atoms with E-state index in [0.717, 1.165) is 19.5 Å². The van der Waals surface area contributed by atoms with Gasteiger partial charge in [0.05, 0.1) is 5.54 Å². The van der Waals surface area contributed by atoms with Crippen LogP contribution in [0, 0.1) is 0 Å². The largest absolute Gasteiger partial charge is 0.369 e. The lowest BCUT2D eigenvalue weighted by Gasteiger charge is -2.39. The van der Waals surface area contributed by atoms with Gasteiger partial charge in [0.15, 0.2) is 0 Å². The Labute approximate surface area is 127 Å². The summed E-state index contributed by atoms with van der Waals surface area (Å²) in [6.07, 6.45) is 3.34. The Kier molecular flexibility index (Phi) is 3.98. The van der Waals surface area contributed by atoms with Crippen LogP contribution >= 0.6 is 0 Å². The average molecular weight is 280 g/mol. The van der Waals surface area contributed by atoms with Gasteiger partial charge < -0.3 is 10.6 Å². The smallest absolute Gasteiger partial charge is 0.0584 e. The molecular weight excluding hydrogens is 256 g/mol. The number of anilines is 1. The van der Waals surface area contributed by atoms with Gasteiger partial charge in [-0.05, 0) is 36.5 Å². The number of para-hydroxylation sites is 1. The molecule has 0 saturated carbocycles. The molecule has 1 unspecified atom stereocenters. The van der Waals surface area contributed by atoms with E-state index in [1.165, 1.54) is 29.7 Å². The van der Waals surface area contributed by atoms with E-state index in [2.05, 4.69) is 66.4 Å². The van der Waals surface area contributed by atoms with Gasteiger partial charge in [0.25, 0.3) is 0 Å². The summed E-state index contributed by atoms with van der Waals surface area (Å²) in [5, 5.41) is 0. The minimum Gasteiger partial charge on any atom is -0.369 e. The molecule has 0 fully saturated rings. The fraction of sp³-hybridized carbons (Fsp3) is 0.368. The van der Waals surface area contributed by atoms with Crippen molar-refractivity contribution in [2.24, 2.45) is 5.73 Å². The minimum atomic E-state index is -0.286. The predicted molar refractivity (Wildman–Crippen MR) is 89.6 cm³/mol. The normalized spacial score (nSPS) is 17.1. The van der Waals surface area contributed by atoms with Crippen LogP contribution in [0.5, 0.6) is 0 Å². The molecule has 2 aromatic rings. The van der Waals surface area contributed by atoms with Crippen LogP contribution in [0.15, 0.2) is 54.6 Å². The summed E-state index contributed by atoms with van der Waals surface area (Å²) in [7, 11) is 0. The molecule has 0 radical (unpaired) electrons. The molecule has 0 amide bonds. The fourth-order valence-corrected chi connectivity index (χ4v) is 3.29. The SMILES string of the molecule is CCC(N)(CN1CCCc2ccccc21)c1ccccc1. The second-order valence-corrected chi connectivity index (χ2v) is 6.03. The number of benzene rings is 2. The Morgan fingerprint density at radius 3 is 2.52 bits per heavy atom. The first-order chi connectivity index (χ1) is 10.2. The summed E-state index contributed by atoms with van der Waals surface area (Å²) in [4.78, 5) is 2.47. The van der Waals surface area contributed by atoms with E-state index in [0.29, 0.717) is 0 Å². The van der Waals surface area contributed by atoms with E-state index in [9.17, 15) is 0 Å². The van der Waals surface area contributed by atoms with Crippen molar-refractivity contribution in [1.82, 2.24) is 0 Å². The molecule has 2 heteroatoms. The maximum Gasteiger partial charge on any atom is 0.0584 e. The summed E-state index contributed by atoms with van der Waals surface area (Å²) in [5.41, 5.74) is 10.5. The first kappa shape index (κ1) is 14.2. The van der Waals surface area contributed by atoms with Crippen LogP contribution in [0.4, 0.5) is 5.69 Å². The second kappa shape index (κ2) is 5.90. The Morgan fingerprint density at radius 1 is 1.05 bits per heavy atom. The van der Waals surface area contributed by atoms with Crippen LogP contribution in [-0.4, -0.2) is 13.1 Å². The molecule has 0 saturated heterocycles. The summed E-state index contributed by atoms with van der Waals surface area (Å²) in [5.74, 6) is 0. The molecule has 0 aromatic heterocycles. The fourth-order valence-electron chi connectivity index (χ4n) is 3.29. The summed E-state index contributed by atoms with van der Waals surface area (Å²) < 4.78 is 0. The number of nitrogens with two attached hydrogens (primary N) is 1. The van der Waals surface area contributed by atoms with Crippen LogP contribution in [0.1, 0.15) is 30.9 Å². The Morgan fingerprint density at radius 2 is 1.76 bits per heavy atom. The van der Waals surface area contributed by atoms with Gasteiger partial charge in [-0.3, -0.25) is 0 Å².